The van der Waals surface area contributed by atoms with Crippen LogP contribution in [-0.2, 0) is 0 Å². The third kappa shape index (κ3) is 3.14. The molecule has 0 aromatic heterocycles. The van der Waals surface area contributed by atoms with Crippen LogP contribution in [0, 0.1) is 26.6 Å². The van der Waals surface area contributed by atoms with E-state index in [0.29, 0.717) is 0 Å². The summed E-state index contributed by atoms with van der Waals surface area (Å²) in [7, 11) is 0. The second kappa shape index (κ2) is 5.43. The molecule has 0 heterocycles. The van der Waals surface area contributed by atoms with E-state index in [2.05, 4.69) is 38.2 Å². The first kappa shape index (κ1) is 13.6. The fourth-order valence-corrected chi connectivity index (χ4v) is 2.48. The van der Waals surface area contributed by atoms with Crippen molar-refractivity contribution < 1.29 is 4.39 Å². The molecule has 1 N–H and O–H groups in total. The Morgan fingerprint density at radius 3 is 2.21 bits per heavy atom. The first-order valence-corrected chi connectivity index (χ1v) is 6.57. The van der Waals surface area contributed by atoms with E-state index in [9.17, 15) is 4.39 Å². The van der Waals surface area contributed by atoms with Crippen molar-refractivity contribution in [2.45, 2.75) is 33.7 Å². The molecule has 2 aromatic rings. The van der Waals surface area contributed by atoms with Gasteiger partial charge in [0.05, 0.1) is 0 Å². The maximum absolute atomic E-state index is 13.2. The molecule has 0 fully saturated rings. The molecule has 1 nitrogen and oxygen atoms in total. The third-order valence-corrected chi connectivity index (χ3v) is 3.39. The smallest absolute Gasteiger partial charge is 0.123 e. The highest BCUT2D eigenvalue weighted by Gasteiger charge is 2.10. The van der Waals surface area contributed by atoms with Gasteiger partial charge in [0, 0.05) is 11.7 Å². The Morgan fingerprint density at radius 1 is 1.00 bits per heavy atom. The Bertz CT molecular complexity index is 567. The van der Waals surface area contributed by atoms with E-state index < -0.39 is 0 Å². The topological polar surface area (TPSA) is 12.0 Å². The van der Waals surface area contributed by atoms with Gasteiger partial charge in [0.1, 0.15) is 5.82 Å². The Kier molecular flexibility index (Phi) is 3.89. The highest BCUT2D eigenvalue weighted by Crippen LogP contribution is 2.26. The molecule has 0 saturated heterocycles. The largest absolute Gasteiger partial charge is 0.378 e. The van der Waals surface area contributed by atoms with Crippen molar-refractivity contribution in [1.29, 1.82) is 0 Å². The molecule has 1 unspecified atom stereocenters. The van der Waals surface area contributed by atoms with Crippen molar-refractivity contribution in [1.82, 2.24) is 0 Å². The van der Waals surface area contributed by atoms with Gasteiger partial charge in [0.15, 0.2) is 0 Å². The van der Waals surface area contributed by atoms with E-state index in [4.69, 9.17) is 0 Å². The minimum atomic E-state index is -0.191. The molecule has 19 heavy (non-hydrogen) atoms. The molecule has 0 amide bonds. The number of anilines is 1. The maximum atomic E-state index is 13.2. The monoisotopic (exact) mass is 257 g/mol. The summed E-state index contributed by atoms with van der Waals surface area (Å²) in [4.78, 5) is 0. The minimum absolute atomic E-state index is 0.0795. The maximum Gasteiger partial charge on any atom is 0.123 e. The first-order chi connectivity index (χ1) is 8.97. The standard InChI is InChI=1S/C17H20FN/c1-11-8-12(2)17(13(3)9-11)19-14(4)15-6-5-7-16(18)10-15/h5-10,14,19H,1-4H3. The fraction of sp³-hybridized carbons (Fsp3) is 0.294. The van der Waals surface area contributed by atoms with Gasteiger partial charge in [0.2, 0.25) is 0 Å². The van der Waals surface area contributed by atoms with Crippen LogP contribution in [0.25, 0.3) is 0 Å². The Labute approximate surface area is 114 Å². The number of benzene rings is 2. The van der Waals surface area contributed by atoms with Crippen LogP contribution in [0.3, 0.4) is 0 Å². The predicted molar refractivity (Wildman–Crippen MR) is 79.1 cm³/mol. The summed E-state index contributed by atoms with van der Waals surface area (Å²) in [6.07, 6.45) is 0. The number of nitrogens with one attached hydrogen (secondary N) is 1. The fourth-order valence-electron chi connectivity index (χ4n) is 2.48. The lowest BCUT2D eigenvalue weighted by molar-refractivity contribution is 0.623. The molecule has 1 atom stereocenters. The van der Waals surface area contributed by atoms with Crippen LogP contribution in [0.15, 0.2) is 36.4 Å². The normalized spacial score (nSPS) is 12.3. The molecule has 0 saturated carbocycles. The molecule has 2 rings (SSSR count). The van der Waals surface area contributed by atoms with Crippen molar-refractivity contribution in [2.75, 3.05) is 5.32 Å². The van der Waals surface area contributed by atoms with E-state index in [1.807, 2.05) is 13.0 Å². The number of hydrogen-bond donors (Lipinski definition) is 1. The van der Waals surface area contributed by atoms with Crippen molar-refractivity contribution in [2.24, 2.45) is 0 Å². The van der Waals surface area contributed by atoms with Crippen LogP contribution in [0.1, 0.15) is 35.2 Å². The molecule has 100 valence electrons. The van der Waals surface area contributed by atoms with Gasteiger partial charge in [-0.05, 0) is 56.5 Å². The molecule has 0 bridgehead atoms. The zero-order valence-corrected chi connectivity index (χ0v) is 11.9. The molecule has 0 aliphatic heterocycles. The van der Waals surface area contributed by atoms with Gasteiger partial charge in [-0.1, -0.05) is 29.8 Å². The van der Waals surface area contributed by atoms with Gasteiger partial charge in [-0.15, -0.1) is 0 Å². The molecule has 0 radical (unpaired) electrons. The quantitative estimate of drug-likeness (QED) is 0.822. The SMILES string of the molecule is Cc1cc(C)c(NC(C)c2cccc(F)c2)c(C)c1. The van der Waals surface area contributed by atoms with Gasteiger partial charge in [-0.25, -0.2) is 4.39 Å². The summed E-state index contributed by atoms with van der Waals surface area (Å²) >= 11 is 0. The van der Waals surface area contributed by atoms with E-state index in [1.54, 1.807) is 12.1 Å². The molecular formula is C17H20FN. The van der Waals surface area contributed by atoms with Crippen LogP contribution in [0.4, 0.5) is 10.1 Å². The Hall–Kier alpha value is -1.83. The van der Waals surface area contributed by atoms with Crippen molar-refractivity contribution in [3.63, 3.8) is 0 Å². The van der Waals surface area contributed by atoms with Gasteiger partial charge < -0.3 is 5.32 Å². The average Bonchev–Trinajstić information content (AvgIpc) is 2.33. The molecule has 2 aromatic carbocycles. The van der Waals surface area contributed by atoms with Crippen LogP contribution < -0.4 is 5.32 Å². The average molecular weight is 257 g/mol. The zero-order valence-electron chi connectivity index (χ0n) is 11.9. The zero-order chi connectivity index (χ0) is 14.0. The summed E-state index contributed by atoms with van der Waals surface area (Å²) < 4.78 is 13.2. The Balaban J connectivity index is 2.26. The number of halogens is 1. The highest BCUT2D eigenvalue weighted by atomic mass is 19.1. The highest BCUT2D eigenvalue weighted by molar-refractivity contribution is 5.59. The lowest BCUT2D eigenvalue weighted by atomic mass is 10.0. The summed E-state index contributed by atoms with van der Waals surface area (Å²) in [6.45, 7) is 8.34. The number of rotatable bonds is 3. The van der Waals surface area contributed by atoms with E-state index in [1.165, 1.54) is 22.8 Å². The lowest BCUT2D eigenvalue weighted by Crippen LogP contribution is -2.09. The van der Waals surface area contributed by atoms with Crippen molar-refractivity contribution >= 4 is 5.69 Å². The summed E-state index contributed by atoms with van der Waals surface area (Å²) in [5.74, 6) is -0.191. The van der Waals surface area contributed by atoms with E-state index >= 15 is 0 Å². The summed E-state index contributed by atoms with van der Waals surface area (Å²) in [5.41, 5.74) is 5.81. The molecule has 0 aliphatic rings. The second-order valence-corrected chi connectivity index (χ2v) is 5.19. The molecule has 0 aliphatic carbocycles. The third-order valence-electron chi connectivity index (χ3n) is 3.39. The van der Waals surface area contributed by atoms with Crippen LogP contribution >= 0.6 is 0 Å². The predicted octanol–water partition coefficient (Wildman–Crippen LogP) is 4.92. The Morgan fingerprint density at radius 2 is 1.63 bits per heavy atom. The lowest BCUT2D eigenvalue weighted by Gasteiger charge is -2.20. The number of hydrogen-bond acceptors (Lipinski definition) is 1. The van der Waals surface area contributed by atoms with Crippen molar-refractivity contribution in [3.8, 4) is 0 Å². The van der Waals surface area contributed by atoms with Crippen molar-refractivity contribution in [3.05, 3.63) is 64.5 Å². The second-order valence-electron chi connectivity index (χ2n) is 5.19. The molecule has 0 spiro atoms. The van der Waals surface area contributed by atoms with Crippen LogP contribution in [0.5, 0.6) is 0 Å². The first-order valence-electron chi connectivity index (χ1n) is 6.57. The van der Waals surface area contributed by atoms with Crippen LogP contribution in [0.2, 0.25) is 0 Å². The van der Waals surface area contributed by atoms with Crippen LogP contribution in [-0.4, -0.2) is 0 Å². The molecule has 2 heteroatoms. The summed E-state index contributed by atoms with van der Waals surface area (Å²) in [6, 6.07) is 11.1. The molecular weight excluding hydrogens is 237 g/mol. The minimum Gasteiger partial charge on any atom is -0.378 e. The summed E-state index contributed by atoms with van der Waals surface area (Å²) in [5, 5.41) is 3.48. The van der Waals surface area contributed by atoms with E-state index in [0.717, 1.165) is 11.3 Å². The van der Waals surface area contributed by atoms with Gasteiger partial charge in [0.25, 0.3) is 0 Å². The van der Waals surface area contributed by atoms with Gasteiger partial charge in [-0.2, -0.15) is 0 Å². The number of aryl methyl sites for hydroxylation is 3. The van der Waals surface area contributed by atoms with E-state index in [-0.39, 0.29) is 11.9 Å². The van der Waals surface area contributed by atoms with Gasteiger partial charge in [-0.3, -0.25) is 0 Å². The van der Waals surface area contributed by atoms with Gasteiger partial charge >= 0.3 is 0 Å².